The maximum absolute atomic E-state index is 12.0. The first-order chi connectivity index (χ1) is 12.0. The van der Waals surface area contributed by atoms with Crippen LogP contribution in [0.3, 0.4) is 0 Å². The summed E-state index contributed by atoms with van der Waals surface area (Å²) < 4.78 is 4.99. The Morgan fingerprint density at radius 2 is 1.88 bits per heavy atom. The molecule has 1 aliphatic heterocycles. The molecule has 1 fully saturated rings. The summed E-state index contributed by atoms with van der Waals surface area (Å²) in [5, 5.41) is 0. The van der Waals surface area contributed by atoms with Crippen LogP contribution >= 0.6 is 11.8 Å². The normalized spacial score (nSPS) is 15.3. The van der Waals surface area contributed by atoms with Gasteiger partial charge in [0.1, 0.15) is 0 Å². The summed E-state index contributed by atoms with van der Waals surface area (Å²) in [5.74, 6) is -1.32. The second kappa shape index (κ2) is 9.27. The Morgan fingerprint density at radius 3 is 2.44 bits per heavy atom. The molecular formula is C18H22N2O4S. The van der Waals surface area contributed by atoms with Crippen molar-refractivity contribution in [1.82, 2.24) is 4.90 Å². The molecule has 6 nitrogen and oxygen atoms in total. The average Bonchev–Trinajstić information content (AvgIpc) is 2.64. The van der Waals surface area contributed by atoms with Crippen LogP contribution in [0, 0.1) is 5.92 Å². The lowest BCUT2D eigenvalue weighted by atomic mass is 9.96. The Balaban J connectivity index is 1.74. The summed E-state index contributed by atoms with van der Waals surface area (Å²) in [7, 11) is 0. The van der Waals surface area contributed by atoms with Crippen molar-refractivity contribution >= 4 is 35.6 Å². The number of nitrogens with zero attached hydrogens (tertiary/aromatic N) is 1. The third-order valence-electron chi connectivity index (χ3n) is 4.12. The van der Waals surface area contributed by atoms with Crippen LogP contribution < -0.4 is 5.73 Å². The summed E-state index contributed by atoms with van der Waals surface area (Å²) in [5.41, 5.74) is 6.15. The molecule has 1 saturated heterocycles. The number of amides is 2. The van der Waals surface area contributed by atoms with Crippen LogP contribution in [0.15, 0.2) is 35.2 Å². The van der Waals surface area contributed by atoms with Gasteiger partial charge in [-0.15, -0.1) is 11.8 Å². The smallest absolute Gasteiger partial charge is 0.331 e. The molecule has 0 atom stereocenters. The Labute approximate surface area is 151 Å². The summed E-state index contributed by atoms with van der Waals surface area (Å²) in [6.07, 6.45) is 6.06. The average molecular weight is 362 g/mol. The zero-order valence-corrected chi connectivity index (χ0v) is 15.0. The zero-order chi connectivity index (χ0) is 18.2. The van der Waals surface area contributed by atoms with E-state index < -0.39 is 5.97 Å². The highest BCUT2D eigenvalue weighted by atomic mass is 32.2. The molecule has 25 heavy (non-hydrogen) atoms. The Kier molecular flexibility index (Phi) is 7.06. The van der Waals surface area contributed by atoms with Gasteiger partial charge in [-0.05, 0) is 42.9 Å². The molecule has 7 heteroatoms. The Bertz CT molecular complexity index is 650. The molecule has 1 aromatic carbocycles. The molecule has 1 heterocycles. The topological polar surface area (TPSA) is 89.7 Å². The van der Waals surface area contributed by atoms with Crippen molar-refractivity contribution in [3.05, 3.63) is 35.9 Å². The van der Waals surface area contributed by atoms with Crippen LogP contribution in [0.4, 0.5) is 0 Å². The molecule has 0 radical (unpaired) electrons. The Morgan fingerprint density at radius 1 is 1.24 bits per heavy atom. The predicted molar refractivity (Wildman–Crippen MR) is 96.7 cm³/mol. The molecule has 2 N–H and O–H groups in total. The molecule has 2 rings (SSSR count). The molecular weight excluding hydrogens is 340 g/mol. The van der Waals surface area contributed by atoms with E-state index in [1.807, 2.05) is 30.5 Å². The van der Waals surface area contributed by atoms with Crippen molar-refractivity contribution in [2.75, 3.05) is 26.0 Å². The maximum Gasteiger partial charge on any atom is 0.331 e. The lowest BCUT2D eigenvalue weighted by Gasteiger charge is -2.30. The van der Waals surface area contributed by atoms with E-state index in [9.17, 15) is 14.4 Å². The van der Waals surface area contributed by atoms with E-state index in [-0.39, 0.29) is 24.3 Å². The highest BCUT2D eigenvalue weighted by molar-refractivity contribution is 7.98. The molecule has 0 unspecified atom stereocenters. The first-order valence-electron chi connectivity index (χ1n) is 8.05. The first-order valence-corrected chi connectivity index (χ1v) is 9.28. The molecule has 0 aliphatic carbocycles. The second-order valence-corrected chi connectivity index (χ2v) is 6.65. The van der Waals surface area contributed by atoms with Crippen molar-refractivity contribution in [3.8, 4) is 0 Å². The fourth-order valence-corrected chi connectivity index (χ4v) is 2.97. The largest absolute Gasteiger partial charge is 0.452 e. The number of ether oxygens (including phenoxy) is 1. The van der Waals surface area contributed by atoms with Crippen molar-refractivity contribution in [2.24, 2.45) is 11.7 Å². The lowest BCUT2D eigenvalue weighted by Crippen LogP contribution is -2.43. The van der Waals surface area contributed by atoms with E-state index in [2.05, 4.69) is 0 Å². The van der Waals surface area contributed by atoms with Crippen LogP contribution in [-0.4, -0.2) is 48.6 Å². The highest BCUT2D eigenvalue weighted by Gasteiger charge is 2.26. The third-order valence-corrected chi connectivity index (χ3v) is 4.86. The minimum Gasteiger partial charge on any atom is -0.452 e. The molecule has 0 bridgehead atoms. The molecule has 0 aromatic heterocycles. The fourth-order valence-electron chi connectivity index (χ4n) is 2.56. The van der Waals surface area contributed by atoms with Gasteiger partial charge in [-0.1, -0.05) is 12.1 Å². The standard InChI is InChI=1S/C18H22N2O4S/c1-25-15-5-2-13(3-6-15)4-7-17(22)24-12-16(21)20-10-8-14(9-11-20)18(19)23/h2-7,14H,8-12H2,1H3,(H2,19,23)/b7-4+. The Hall–Kier alpha value is -2.28. The number of hydrogen-bond donors (Lipinski definition) is 1. The number of rotatable bonds is 6. The number of thioether (sulfide) groups is 1. The summed E-state index contributed by atoms with van der Waals surface area (Å²) in [6, 6.07) is 7.75. The highest BCUT2D eigenvalue weighted by Crippen LogP contribution is 2.17. The van der Waals surface area contributed by atoms with Gasteiger partial charge in [0.2, 0.25) is 5.91 Å². The number of primary amides is 1. The van der Waals surface area contributed by atoms with E-state index in [4.69, 9.17) is 10.5 Å². The number of likely N-dealkylation sites (tertiary alicyclic amines) is 1. The van der Waals surface area contributed by atoms with Crippen LogP contribution in [-0.2, 0) is 19.1 Å². The van der Waals surface area contributed by atoms with Crippen molar-refractivity contribution < 1.29 is 19.1 Å². The van der Waals surface area contributed by atoms with Crippen LogP contribution in [0.25, 0.3) is 6.08 Å². The third kappa shape index (κ3) is 5.94. The number of esters is 1. The van der Waals surface area contributed by atoms with Gasteiger partial charge in [-0.25, -0.2) is 4.79 Å². The van der Waals surface area contributed by atoms with Gasteiger partial charge in [0.05, 0.1) is 0 Å². The van der Waals surface area contributed by atoms with E-state index in [1.54, 1.807) is 22.7 Å². The van der Waals surface area contributed by atoms with Crippen LogP contribution in [0.5, 0.6) is 0 Å². The van der Waals surface area contributed by atoms with Crippen molar-refractivity contribution in [2.45, 2.75) is 17.7 Å². The maximum atomic E-state index is 12.0. The van der Waals surface area contributed by atoms with Crippen LogP contribution in [0.2, 0.25) is 0 Å². The number of hydrogen-bond acceptors (Lipinski definition) is 5. The summed E-state index contributed by atoms with van der Waals surface area (Å²) in [6.45, 7) is 0.624. The lowest BCUT2D eigenvalue weighted by molar-refractivity contribution is -0.149. The fraction of sp³-hybridized carbons (Fsp3) is 0.389. The number of carbonyl (C=O) groups is 3. The van der Waals surface area contributed by atoms with Gasteiger partial charge in [0.25, 0.3) is 5.91 Å². The number of benzene rings is 1. The minimum absolute atomic E-state index is 0.174. The minimum atomic E-state index is -0.561. The number of nitrogens with two attached hydrogens (primary N) is 1. The van der Waals surface area contributed by atoms with E-state index in [0.29, 0.717) is 25.9 Å². The predicted octanol–water partition coefficient (Wildman–Crippen LogP) is 1.69. The van der Waals surface area contributed by atoms with E-state index in [1.165, 1.54) is 6.08 Å². The van der Waals surface area contributed by atoms with Crippen LogP contribution in [0.1, 0.15) is 18.4 Å². The van der Waals surface area contributed by atoms with Crippen molar-refractivity contribution in [1.29, 1.82) is 0 Å². The zero-order valence-electron chi connectivity index (χ0n) is 14.1. The SMILES string of the molecule is CSc1ccc(/C=C/C(=O)OCC(=O)N2CCC(C(N)=O)CC2)cc1. The number of carbonyl (C=O) groups excluding carboxylic acids is 3. The van der Waals surface area contributed by atoms with Gasteiger partial charge in [0.15, 0.2) is 6.61 Å². The van der Waals surface area contributed by atoms with Gasteiger partial charge in [-0.3, -0.25) is 9.59 Å². The number of piperidine rings is 1. The molecule has 134 valence electrons. The van der Waals surface area contributed by atoms with E-state index >= 15 is 0 Å². The quantitative estimate of drug-likeness (QED) is 0.472. The van der Waals surface area contributed by atoms with E-state index in [0.717, 1.165) is 10.5 Å². The summed E-state index contributed by atoms with van der Waals surface area (Å²) in [4.78, 5) is 37.6. The summed E-state index contributed by atoms with van der Waals surface area (Å²) >= 11 is 1.64. The van der Waals surface area contributed by atoms with Gasteiger partial charge < -0.3 is 15.4 Å². The molecule has 0 saturated carbocycles. The molecule has 0 spiro atoms. The van der Waals surface area contributed by atoms with Gasteiger partial charge in [0, 0.05) is 30.0 Å². The van der Waals surface area contributed by atoms with Crippen molar-refractivity contribution in [3.63, 3.8) is 0 Å². The van der Waals surface area contributed by atoms with Gasteiger partial charge >= 0.3 is 5.97 Å². The van der Waals surface area contributed by atoms with Gasteiger partial charge in [-0.2, -0.15) is 0 Å². The molecule has 1 aromatic rings. The first kappa shape index (κ1) is 19.1. The molecule has 2 amide bonds. The molecule has 1 aliphatic rings. The second-order valence-electron chi connectivity index (χ2n) is 5.77. The monoisotopic (exact) mass is 362 g/mol.